The second-order valence-electron chi connectivity index (χ2n) is 6.55. The van der Waals surface area contributed by atoms with Gasteiger partial charge in [-0.1, -0.05) is 11.2 Å². The van der Waals surface area contributed by atoms with Gasteiger partial charge in [0.25, 0.3) is 0 Å². The van der Waals surface area contributed by atoms with Gasteiger partial charge in [0.1, 0.15) is 0 Å². The molecule has 0 aliphatic carbocycles. The highest BCUT2D eigenvalue weighted by molar-refractivity contribution is 7.91. The predicted octanol–water partition coefficient (Wildman–Crippen LogP) is 2.73. The molecule has 0 aromatic heterocycles. The molecule has 0 N–H and O–H groups in total. The predicted molar refractivity (Wildman–Crippen MR) is 97.3 cm³/mol. The fraction of sp³-hybridized carbons (Fsp3) is 0.647. The van der Waals surface area contributed by atoms with Crippen molar-refractivity contribution >= 4 is 9.84 Å². The van der Waals surface area contributed by atoms with Gasteiger partial charge in [0.2, 0.25) is 0 Å². The van der Waals surface area contributed by atoms with E-state index < -0.39 is 9.84 Å². The molecule has 0 radical (unpaired) electrons. The molecule has 1 saturated heterocycles. The molecule has 1 aliphatic heterocycles. The third kappa shape index (κ3) is 6.01. The first-order chi connectivity index (χ1) is 11.9. The second-order valence-corrected chi connectivity index (χ2v) is 8.58. The molecule has 0 unspecified atom stereocenters. The van der Waals surface area contributed by atoms with Gasteiger partial charge in [-0.05, 0) is 61.5 Å². The van der Waals surface area contributed by atoms with Crippen LogP contribution in [0.5, 0.6) is 0 Å². The number of nitrogens with zero attached hydrogens (tertiary/aromatic N) is 4. The molecule has 25 heavy (non-hydrogen) atoms. The SMILES string of the molecule is Cc1ccc(S(=O)(=O)C[C@H]2CCN(CCOCCN=[N+]=[N-])C2)cc1C. The number of benzene rings is 1. The Bertz CT molecular complexity index is 729. The smallest absolute Gasteiger partial charge is 0.178 e. The Balaban J connectivity index is 1.79. The molecule has 2 rings (SSSR count). The largest absolute Gasteiger partial charge is 0.380 e. The van der Waals surface area contributed by atoms with E-state index in [9.17, 15) is 8.42 Å². The molecule has 0 amide bonds. The van der Waals surface area contributed by atoms with E-state index in [1.807, 2.05) is 19.9 Å². The van der Waals surface area contributed by atoms with Crippen molar-refractivity contribution in [1.82, 2.24) is 4.90 Å². The topological polar surface area (TPSA) is 95.4 Å². The van der Waals surface area contributed by atoms with Crippen LogP contribution in [0.1, 0.15) is 17.5 Å². The molecule has 8 heteroatoms. The van der Waals surface area contributed by atoms with Gasteiger partial charge in [0.15, 0.2) is 9.84 Å². The van der Waals surface area contributed by atoms with Gasteiger partial charge in [-0.15, -0.1) is 0 Å². The average molecular weight is 366 g/mol. The highest BCUT2D eigenvalue weighted by atomic mass is 32.2. The normalized spacial score (nSPS) is 18.2. The van der Waals surface area contributed by atoms with E-state index in [1.54, 1.807) is 12.1 Å². The molecule has 1 fully saturated rings. The number of aryl methyl sites for hydroxylation is 2. The van der Waals surface area contributed by atoms with Crippen LogP contribution in [0.2, 0.25) is 0 Å². The minimum atomic E-state index is -3.25. The van der Waals surface area contributed by atoms with Crippen molar-refractivity contribution in [3.05, 3.63) is 39.8 Å². The first-order valence-electron chi connectivity index (χ1n) is 8.53. The number of hydrogen-bond donors (Lipinski definition) is 0. The van der Waals surface area contributed by atoms with Crippen molar-refractivity contribution in [2.45, 2.75) is 25.2 Å². The molecule has 1 aliphatic rings. The van der Waals surface area contributed by atoms with Gasteiger partial charge < -0.3 is 9.64 Å². The maximum Gasteiger partial charge on any atom is 0.178 e. The summed E-state index contributed by atoms with van der Waals surface area (Å²) < 4.78 is 30.7. The maximum absolute atomic E-state index is 12.6. The summed E-state index contributed by atoms with van der Waals surface area (Å²) in [6.45, 7) is 7.70. The summed E-state index contributed by atoms with van der Waals surface area (Å²) in [5.74, 6) is 0.360. The van der Waals surface area contributed by atoms with Crippen LogP contribution >= 0.6 is 0 Å². The lowest BCUT2D eigenvalue weighted by Crippen LogP contribution is -2.27. The molecule has 0 bridgehead atoms. The van der Waals surface area contributed by atoms with E-state index in [0.717, 1.165) is 37.2 Å². The molecule has 1 aromatic carbocycles. The Labute approximate surface area is 149 Å². The van der Waals surface area contributed by atoms with Crippen molar-refractivity contribution in [1.29, 1.82) is 0 Å². The summed E-state index contributed by atoms with van der Waals surface area (Å²) in [5.41, 5.74) is 10.3. The summed E-state index contributed by atoms with van der Waals surface area (Å²) in [4.78, 5) is 5.32. The molecule has 138 valence electrons. The molecule has 1 aromatic rings. The molecular formula is C17H26N4O3S. The van der Waals surface area contributed by atoms with Crippen LogP contribution in [0.15, 0.2) is 28.2 Å². The van der Waals surface area contributed by atoms with Crippen LogP contribution in [0, 0.1) is 19.8 Å². The quantitative estimate of drug-likeness (QED) is 0.290. The Morgan fingerprint density at radius 2 is 2.12 bits per heavy atom. The van der Waals surface area contributed by atoms with Crippen LogP contribution in [0.25, 0.3) is 10.4 Å². The van der Waals surface area contributed by atoms with Gasteiger partial charge >= 0.3 is 0 Å². The molecule has 0 saturated carbocycles. The fourth-order valence-electron chi connectivity index (χ4n) is 3.01. The highest BCUT2D eigenvalue weighted by Crippen LogP contribution is 2.23. The van der Waals surface area contributed by atoms with Crippen molar-refractivity contribution in [2.75, 3.05) is 45.1 Å². The van der Waals surface area contributed by atoms with Crippen LogP contribution in [0.4, 0.5) is 0 Å². The Morgan fingerprint density at radius 1 is 1.32 bits per heavy atom. The number of likely N-dealkylation sites (tertiary alicyclic amines) is 1. The first-order valence-corrected chi connectivity index (χ1v) is 10.2. The summed E-state index contributed by atoms with van der Waals surface area (Å²) in [7, 11) is -3.25. The lowest BCUT2D eigenvalue weighted by atomic mass is 10.1. The fourth-order valence-corrected chi connectivity index (χ4v) is 4.73. The Morgan fingerprint density at radius 3 is 2.84 bits per heavy atom. The van der Waals surface area contributed by atoms with E-state index in [0.29, 0.717) is 24.7 Å². The standard InChI is InChI=1S/C17H26N4O3S/c1-14-3-4-17(11-15(14)2)25(22,23)13-16-5-7-21(12-16)8-10-24-9-6-19-20-18/h3-4,11,16H,5-10,12-13H2,1-2H3/t16-/m0/s1. The Kier molecular flexibility index (Phi) is 7.25. The first kappa shape index (κ1) is 19.7. The zero-order valence-electron chi connectivity index (χ0n) is 14.9. The van der Waals surface area contributed by atoms with E-state index >= 15 is 0 Å². The summed E-state index contributed by atoms with van der Waals surface area (Å²) in [5, 5.41) is 3.41. The third-order valence-corrected chi connectivity index (χ3v) is 6.50. The highest BCUT2D eigenvalue weighted by Gasteiger charge is 2.28. The number of ether oxygens (including phenoxy) is 1. The van der Waals surface area contributed by atoms with E-state index in [-0.39, 0.29) is 11.7 Å². The van der Waals surface area contributed by atoms with E-state index in [4.69, 9.17) is 10.3 Å². The minimum absolute atomic E-state index is 0.162. The second kappa shape index (κ2) is 9.20. The van der Waals surface area contributed by atoms with Crippen LogP contribution in [0.3, 0.4) is 0 Å². The van der Waals surface area contributed by atoms with Crippen LogP contribution in [-0.2, 0) is 14.6 Å². The van der Waals surface area contributed by atoms with Crippen molar-refractivity contribution < 1.29 is 13.2 Å². The van der Waals surface area contributed by atoms with Gasteiger partial charge in [0.05, 0.1) is 23.9 Å². The van der Waals surface area contributed by atoms with Crippen molar-refractivity contribution in [3.63, 3.8) is 0 Å². The zero-order chi connectivity index (χ0) is 18.3. The number of azide groups is 1. The minimum Gasteiger partial charge on any atom is -0.380 e. The summed E-state index contributed by atoms with van der Waals surface area (Å²) >= 11 is 0. The van der Waals surface area contributed by atoms with Gasteiger partial charge in [-0.25, -0.2) is 8.42 Å². The molecule has 7 nitrogen and oxygen atoms in total. The van der Waals surface area contributed by atoms with E-state index in [1.165, 1.54) is 0 Å². The molecular weight excluding hydrogens is 340 g/mol. The Hall–Kier alpha value is -1.60. The number of hydrogen-bond acceptors (Lipinski definition) is 5. The van der Waals surface area contributed by atoms with Crippen molar-refractivity contribution in [3.8, 4) is 0 Å². The summed E-state index contributed by atoms with van der Waals surface area (Å²) in [6.07, 6.45) is 0.892. The third-order valence-electron chi connectivity index (χ3n) is 4.61. The molecule has 1 atom stereocenters. The number of sulfone groups is 1. The molecule has 1 heterocycles. The average Bonchev–Trinajstić information content (AvgIpc) is 3.00. The van der Waals surface area contributed by atoms with Crippen molar-refractivity contribution in [2.24, 2.45) is 11.0 Å². The van der Waals surface area contributed by atoms with E-state index in [2.05, 4.69) is 14.9 Å². The molecule has 0 spiro atoms. The maximum atomic E-state index is 12.6. The summed E-state index contributed by atoms with van der Waals surface area (Å²) in [6, 6.07) is 5.35. The van der Waals surface area contributed by atoms with Crippen LogP contribution < -0.4 is 0 Å². The number of rotatable bonds is 9. The van der Waals surface area contributed by atoms with Gasteiger partial charge in [0, 0.05) is 24.5 Å². The van der Waals surface area contributed by atoms with Crippen LogP contribution in [-0.4, -0.2) is 58.5 Å². The monoisotopic (exact) mass is 366 g/mol. The van der Waals surface area contributed by atoms with Gasteiger partial charge in [-0.3, -0.25) is 0 Å². The lowest BCUT2D eigenvalue weighted by Gasteiger charge is -2.16. The zero-order valence-corrected chi connectivity index (χ0v) is 15.7. The lowest BCUT2D eigenvalue weighted by molar-refractivity contribution is 0.116. The van der Waals surface area contributed by atoms with Gasteiger partial charge in [-0.2, -0.15) is 0 Å².